The molecular weight excluding hydrogens is 424 g/mol. The van der Waals surface area contributed by atoms with E-state index in [1.165, 1.54) is 16.2 Å². The quantitative estimate of drug-likeness (QED) is 0.288. The van der Waals surface area contributed by atoms with E-state index >= 15 is 0 Å². The van der Waals surface area contributed by atoms with Gasteiger partial charge in [0, 0.05) is 17.8 Å². The van der Waals surface area contributed by atoms with Crippen molar-refractivity contribution in [3.63, 3.8) is 0 Å². The Morgan fingerprint density at radius 2 is 1.84 bits per heavy atom. The number of carbonyl (C=O) groups is 2. The van der Waals surface area contributed by atoms with Gasteiger partial charge in [-0.15, -0.1) is 11.3 Å². The highest BCUT2D eigenvalue weighted by Gasteiger charge is 2.48. The van der Waals surface area contributed by atoms with Crippen molar-refractivity contribution < 1.29 is 14.7 Å². The Kier molecular flexibility index (Phi) is 4.67. The van der Waals surface area contributed by atoms with Crippen LogP contribution in [-0.4, -0.2) is 31.2 Å². The van der Waals surface area contributed by atoms with Gasteiger partial charge in [-0.2, -0.15) is 0 Å². The molecular formula is C24H20N4O3S. The molecule has 0 radical (unpaired) electrons. The Balaban J connectivity index is 1.77. The van der Waals surface area contributed by atoms with E-state index in [2.05, 4.69) is 9.97 Å². The van der Waals surface area contributed by atoms with Gasteiger partial charge in [0.15, 0.2) is 10.9 Å². The van der Waals surface area contributed by atoms with Crippen LogP contribution in [0, 0.1) is 20.8 Å². The lowest BCUT2D eigenvalue weighted by Crippen LogP contribution is -2.29. The van der Waals surface area contributed by atoms with Crippen LogP contribution in [0.3, 0.4) is 0 Å². The fourth-order valence-electron chi connectivity index (χ4n) is 4.10. The molecule has 4 heterocycles. The summed E-state index contributed by atoms with van der Waals surface area (Å²) in [4.78, 5) is 36.5. The normalized spacial score (nSPS) is 18.1. The number of fused-ring (bicyclic) bond motifs is 1. The number of ketones is 1. The number of aryl methyl sites for hydroxylation is 3. The molecule has 1 amide bonds. The van der Waals surface area contributed by atoms with Gasteiger partial charge in [-0.1, -0.05) is 35.9 Å². The lowest BCUT2D eigenvalue weighted by Gasteiger charge is -2.22. The zero-order valence-corrected chi connectivity index (χ0v) is 18.6. The number of aromatic nitrogens is 3. The van der Waals surface area contributed by atoms with E-state index in [-0.39, 0.29) is 17.0 Å². The molecule has 0 saturated carbocycles. The smallest absolute Gasteiger partial charge is 0.301 e. The number of aliphatic hydroxyl groups is 1. The van der Waals surface area contributed by atoms with Crippen LogP contribution in [-0.2, 0) is 9.59 Å². The first kappa shape index (κ1) is 20.1. The summed E-state index contributed by atoms with van der Waals surface area (Å²) < 4.78 is 1.86. The van der Waals surface area contributed by atoms with Crippen LogP contribution in [0.2, 0.25) is 0 Å². The molecule has 1 fully saturated rings. The van der Waals surface area contributed by atoms with Gasteiger partial charge in [-0.25, -0.2) is 9.97 Å². The van der Waals surface area contributed by atoms with E-state index in [1.807, 2.05) is 67.8 Å². The van der Waals surface area contributed by atoms with Crippen molar-refractivity contribution in [2.45, 2.75) is 26.8 Å². The molecule has 7 nitrogen and oxygen atoms in total. The minimum absolute atomic E-state index is 0.0122. The van der Waals surface area contributed by atoms with Gasteiger partial charge in [-0.3, -0.25) is 14.5 Å². The number of hydrogen-bond donors (Lipinski definition) is 1. The molecule has 0 spiro atoms. The third-order valence-corrected chi connectivity index (χ3v) is 6.54. The number of nitrogens with zero attached hydrogens (tertiary/aromatic N) is 4. The lowest BCUT2D eigenvalue weighted by molar-refractivity contribution is -0.132. The zero-order valence-electron chi connectivity index (χ0n) is 17.7. The van der Waals surface area contributed by atoms with Gasteiger partial charge < -0.3 is 9.51 Å². The van der Waals surface area contributed by atoms with Crippen molar-refractivity contribution in [1.82, 2.24) is 14.4 Å². The van der Waals surface area contributed by atoms with Crippen molar-refractivity contribution in [3.05, 3.63) is 87.8 Å². The molecule has 4 aromatic rings. The maximum Gasteiger partial charge on any atom is 0.301 e. The van der Waals surface area contributed by atoms with Crippen molar-refractivity contribution in [2.75, 3.05) is 4.90 Å². The van der Waals surface area contributed by atoms with Crippen molar-refractivity contribution >= 4 is 39.6 Å². The van der Waals surface area contributed by atoms with Crippen molar-refractivity contribution in [2.24, 2.45) is 0 Å². The maximum atomic E-state index is 13.2. The monoisotopic (exact) mass is 444 g/mol. The molecule has 32 heavy (non-hydrogen) atoms. The molecule has 1 unspecified atom stereocenters. The number of imidazole rings is 1. The molecule has 160 valence electrons. The Morgan fingerprint density at radius 1 is 1.09 bits per heavy atom. The van der Waals surface area contributed by atoms with Gasteiger partial charge in [0.2, 0.25) is 0 Å². The van der Waals surface area contributed by atoms with E-state index in [1.54, 1.807) is 11.6 Å². The Bertz CT molecular complexity index is 1400. The predicted octanol–water partition coefficient (Wildman–Crippen LogP) is 4.34. The highest BCUT2D eigenvalue weighted by molar-refractivity contribution is 7.14. The first-order valence-corrected chi connectivity index (χ1v) is 11.0. The Morgan fingerprint density at radius 3 is 2.50 bits per heavy atom. The minimum Gasteiger partial charge on any atom is -0.505 e. The third-order valence-electron chi connectivity index (χ3n) is 5.77. The number of benzene rings is 1. The molecule has 1 N–H and O–H groups in total. The summed E-state index contributed by atoms with van der Waals surface area (Å²) in [5.74, 6) is -1.75. The van der Waals surface area contributed by atoms with Crippen LogP contribution in [0.4, 0.5) is 5.13 Å². The molecule has 1 aliphatic heterocycles. The number of amides is 1. The molecule has 1 atom stereocenters. The van der Waals surface area contributed by atoms with E-state index < -0.39 is 17.7 Å². The number of aliphatic hydroxyl groups excluding tert-OH is 1. The lowest BCUT2D eigenvalue weighted by atomic mass is 9.96. The zero-order chi connectivity index (χ0) is 22.6. The van der Waals surface area contributed by atoms with Gasteiger partial charge >= 0.3 is 5.91 Å². The maximum absolute atomic E-state index is 13.2. The van der Waals surface area contributed by atoms with Crippen LogP contribution in [0.5, 0.6) is 0 Å². The number of anilines is 1. The summed E-state index contributed by atoms with van der Waals surface area (Å²) in [5, 5.41) is 13.5. The summed E-state index contributed by atoms with van der Waals surface area (Å²) in [6.45, 7) is 5.72. The third kappa shape index (κ3) is 2.95. The topological polar surface area (TPSA) is 87.8 Å². The minimum atomic E-state index is -0.799. The average molecular weight is 445 g/mol. The predicted molar refractivity (Wildman–Crippen MR) is 123 cm³/mol. The SMILES string of the molecule is Cc1ccc(C2C(=C(O)c3nc4c(C)cccn4c3C)C(=O)C(=O)N2c2nccs2)cc1. The summed E-state index contributed by atoms with van der Waals surface area (Å²) in [5.41, 5.74) is 4.37. The van der Waals surface area contributed by atoms with Crippen LogP contribution in [0.25, 0.3) is 11.4 Å². The van der Waals surface area contributed by atoms with Gasteiger partial charge in [-0.05, 0) is 38.0 Å². The van der Waals surface area contributed by atoms with Crippen LogP contribution in [0.1, 0.15) is 34.1 Å². The highest BCUT2D eigenvalue weighted by Crippen LogP contribution is 2.43. The average Bonchev–Trinajstić information content (AvgIpc) is 3.48. The largest absolute Gasteiger partial charge is 0.505 e. The van der Waals surface area contributed by atoms with Gasteiger partial charge in [0.1, 0.15) is 11.3 Å². The number of Topliss-reactive ketones (excluding diaryl/α,β-unsaturated/α-hetero) is 1. The van der Waals surface area contributed by atoms with E-state index in [0.717, 1.165) is 11.1 Å². The number of carbonyl (C=O) groups excluding carboxylic acids is 2. The number of thiazole rings is 1. The molecule has 1 aliphatic rings. The first-order chi connectivity index (χ1) is 15.4. The second-order valence-electron chi connectivity index (χ2n) is 7.83. The fraction of sp³-hybridized carbons (Fsp3) is 0.167. The number of pyridine rings is 1. The second-order valence-corrected chi connectivity index (χ2v) is 8.70. The van der Waals surface area contributed by atoms with Gasteiger partial charge in [0.25, 0.3) is 5.78 Å². The Hall–Kier alpha value is -3.78. The molecule has 0 aliphatic carbocycles. The van der Waals surface area contributed by atoms with E-state index in [4.69, 9.17) is 0 Å². The highest BCUT2D eigenvalue weighted by atomic mass is 32.1. The molecule has 1 saturated heterocycles. The molecule has 8 heteroatoms. The summed E-state index contributed by atoms with van der Waals surface area (Å²) in [6, 6.07) is 10.6. The molecule has 0 bridgehead atoms. The Labute approximate surface area is 188 Å². The summed E-state index contributed by atoms with van der Waals surface area (Å²) in [6.07, 6.45) is 3.44. The van der Waals surface area contributed by atoms with Gasteiger partial charge in [0.05, 0.1) is 17.3 Å². The van der Waals surface area contributed by atoms with E-state index in [0.29, 0.717) is 22.0 Å². The molecule has 1 aromatic carbocycles. The molecule has 5 rings (SSSR count). The van der Waals surface area contributed by atoms with Crippen molar-refractivity contribution in [1.29, 1.82) is 0 Å². The van der Waals surface area contributed by atoms with Crippen LogP contribution in [0.15, 0.2) is 59.7 Å². The standard InChI is InChI=1S/C24H20N4O3S/c1-13-6-8-16(9-7-13)19-17(21(30)23(31)28(19)24-25-10-12-32-24)20(29)18-15(3)27-11-4-5-14(2)22(27)26-18/h4-12,19,29H,1-3H3. The second kappa shape index (κ2) is 7.42. The van der Waals surface area contributed by atoms with Crippen LogP contribution >= 0.6 is 11.3 Å². The first-order valence-electron chi connectivity index (χ1n) is 10.1. The summed E-state index contributed by atoms with van der Waals surface area (Å²) >= 11 is 1.26. The van der Waals surface area contributed by atoms with E-state index in [9.17, 15) is 14.7 Å². The summed E-state index contributed by atoms with van der Waals surface area (Å²) in [7, 11) is 0. The number of hydrogen-bond acceptors (Lipinski definition) is 6. The van der Waals surface area contributed by atoms with Crippen LogP contribution < -0.4 is 4.90 Å². The fourth-order valence-corrected chi connectivity index (χ4v) is 4.77. The molecule has 3 aromatic heterocycles. The number of rotatable bonds is 3. The van der Waals surface area contributed by atoms with Crippen molar-refractivity contribution in [3.8, 4) is 0 Å².